The van der Waals surface area contributed by atoms with Crippen LogP contribution in [-0.4, -0.2) is 36.3 Å². The van der Waals surface area contributed by atoms with Gasteiger partial charge in [-0.05, 0) is 56.5 Å². The van der Waals surface area contributed by atoms with E-state index in [4.69, 9.17) is 4.74 Å². The fourth-order valence-corrected chi connectivity index (χ4v) is 2.75. The summed E-state index contributed by atoms with van der Waals surface area (Å²) >= 11 is 0. The highest BCUT2D eigenvalue weighted by molar-refractivity contribution is 5.30. The molecular weight excluding hydrogens is 238 g/mol. The summed E-state index contributed by atoms with van der Waals surface area (Å²) in [6, 6.07) is 8.23. The van der Waals surface area contributed by atoms with Crippen LogP contribution in [0.4, 0.5) is 0 Å². The average molecular weight is 263 g/mol. The predicted molar refractivity (Wildman–Crippen MR) is 77.4 cm³/mol. The number of aliphatic hydroxyl groups is 1. The first-order valence-corrected chi connectivity index (χ1v) is 7.32. The van der Waals surface area contributed by atoms with Gasteiger partial charge in [0.2, 0.25) is 0 Å². The zero-order valence-corrected chi connectivity index (χ0v) is 12.0. The normalized spacial score (nSPS) is 19.3. The fraction of sp³-hybridized carbons (Fsp3) is 0.625. The Hall–Kier alpha value is -1.06. The number of benzene rings is 1. The average Bonchev–Trinajstić information content (AvgIpc) is 2.43. The zero-order valence-electron chi connectivity index (χ0n) is 12.0. The van der Waals surface area contributed by atoms with Gasteiger partial charge >= 0.3 is 0 Å². The molecule has 3 nitrogen and oxygen atoms in total. The van der Waals surface area contributed by atoms with Gasteiger partial charge in [0.25, 0.3) is 0 Å². The Balaban J connectivity index is 2.10. The van der Waals surface area contributed by atoms with Crippen molar-refractivity contribution in [2.24, 2.45) is 5.92 Å². The van der Waals surface area contributed by atoms with Gasteiger partial charge in [-0.25, -0.2) is 0 Å². The van der Waals surface area contributed by atoms with E-state index in [0.29, 0.717) is 6.61 Å². The standard InChI is InChI=1S/C16H25NO2/c1-3-19-15-6-4-5-14(11-15)16(12-18)17-9-7-13(2)8-10-17/h4-6,11,13,16,18H,3,7-10,12H2,1-2H3. The van der Waals surface area contributed by atoms with E-state index in [1.165, 1.54) is 12.8 Å². The largest absolute Gasteiger partial charge is 0.494 e. The van der Waals surface area contributed by atoms with Gasteiger partial charge in [0.15, 0.2) is 0 Å². The summed E-state index contributed by atoms with van der Waals surface area (Å²) in [4.78, 5) is 2.39. The molecule has 0 aliphatic carbocycles. The quantitative estimate of drug-likeness (QED) is 0.886. The van der Waals surface area contributed by atoms with Gasteiger partial charge in [-0.2, -0.15) is 0 Å². The molecule has 1 aliphatic rings. The molecule has 0 amide bonds. The molecule has 0 radical (unpaired) electrons. The number of ether oxygens (including phenoxy) is 1. The topological polar surface area (TPSA) is 32.7 Å². The summed E-state index contributed by atoms with van der Waals surface area (Å²) in [5, 5.41) is 9.74. The third kappa shape index (κ3) is 3.71. The van der Waals surface area contributed by atoms with Crippen LogP contribution in [-0.2, 0) is 0 Å². The number of aliphatic hydroxyl groups excluding tert-OH is 1. The number of piperidine rings is 1. The molecule has 1 aromatic carbocycles. The van der Waals surface area contributed by atoms with E-state index < -0.39 is 0 Å². The van der Waals surface area contributed by atoms with Gasteiger partial charge in [-0.1, -0.05) is 19.1 Å². The van der Waals surface area contributed by atoms with Crippen molar-refractivity contribution in [1.29, 1.82) is 0 Å². The Bertz CT molecular complexity index is 386. The Kier molecular flexibility index (Phi) is 5.23. The van der Waals surface area contributed by atoms with Crippen LogP contribution in [0.5, 0.6) is 5.75 Å². The van der Waals surface area contributed by atoms with Crippen LogP contribution in [0.1, 0.15) is 38.3 Å². The van der Waals surface area contributed by atoms with Crippen molar-refractivity contribution in [3.8, 4) is 5.75 Å². The maximum atomic E-state index is 9.74. The van der Waals surface area contributed by atoms with Gasteiger partial charge in [0.05, 0.1) is 19.3 Å². The first-order chi connectivity index (χ1) is 9.24. The Labute approximate surface area is 116 Å². The molecule has 0 aromatic heterocycles. The van der Waals surface area contributed by atoms with Gasteiger partial charge in [0.1, 0.15) is 5.75 Å². The van der Waals surface area contributed by atoms with E-state index in [9.17, 15) is 5.11 Å². The summed E-state index contributed by atoms with van der Waals surface area (Å²) in [6.45, 7) is 7.29. The third-order valence-electron chi connectivity index (χ3n) is 3.99. The van der Waals surface area contributed by atoms with Crippen LogP contribution in [0.2, 0.25) is 0 Å². The van der Waals surface area contributed by atoms with Crippen molar-refractivity contribution >= 4 is 0 Å². The van der Waals surface area contributed by atoms with Gasteiger partial charge in [-0.15, -0.1) is 0 Å². The molecule has 3 heteroatoms. The molecule has 1 saturated heterocycles. The minimum Gasteiger partial charge on any atom is -0.494 e. The number of rotatable bonds is 5. The SMILES string of the molecule is CCOc1cccc(C(CO)N2CCC(C)CC2)c1. The molecule has 1 aromatic rings. The minimum atomic E-state index is 0.105. The lowest BCUT2D eigenvalue weighted by Crippen LogP contribution is -2.37. The Morgan fingerprint density at radius 1 is 1.37 bits per heavy atom. The molecule has 0 spiro atoms. The predicted octanol–water partition coefficient (Wildman–Crippen LogP) is 2.85. The van der Waals surface area contributed by atoms with Gasteiger partial charge in [-0.3, -0.25) is 4.90 Å². The van der Waals surface area contributed by atoms with Crippen LogP contribution in [0, 0.1) is 5.92 Å². The zero-order chi connectivity index (χ0) is 13.7. The van der Waals surface area contributed by atoms with Crippen molar-refractivity contribution in [3.05, 3.63) is 29.8 Å². The maximum Gasteiger partial charge on any atom is 0.119 e. The van der Waals surface area contributed by atoms with Crippen LogP contribution in [0.15, 0.2) is 24.3 Å². The monoisotopic (exact) mass is 263 g/mol. The Morgan fingerprint density at radius 3 is 2.74 bits per heavy atom. The second-order valence-electron chi connectivity index (χ2n) is 5.42. The van der Waals surface area contributed by atoms with Crippen LogP contribution in [0.3, 0.4) is 0 Å². The third-order valence-corrected chi connectivity index (χ3v) is 3.99. The van der Waals surface area contributed by atoms with Crippen molar-refractivity contribution in [1.82, 2.24) is 4.90 Å². The van der Waals surface area contributed by atoms with E-state index in [2.05, 4.69) is 24.0 Å². The van der Waals surface area contributed by atoms with Gasteiger partial charge in [0, 0.05) is 0 Å². The molecule has 1 unspecified atom stereocenters. The molecular formula is C16H25NO2. The Morgan fingerprint density at radius 2 is 2.11 bits per heavy atom. The highest BCUT2D eigenvalue weighted by Crippen LogP contribution is 2.28. The van der Waals surface area contributed by atoms with Crippen molar-refractivity contribution in [3.63, 3.8) is 0 Å². The lowest BCUT2D eigenvalue weighted by Gasteiger charge is -2.36. The molecule has 1 heterocycles. The molecule has 0 saturated carbocycles. The number of hydrogen-bond donors (Lipinski definition) is 1. The lowest BCUT2D eigenvalue weighted by molar-refractivity contribution is 0.0895. The van der Waals surface area contributed by atoms with E-state index in [1.807, 2.05) is 19.1 Å². The maximum absolute atomic E-state index is 9.74. The molecule has 1 atom stereocenters. The smallest absolute Gasteiger partial charge is 0.119 e. The summed E-state index contributed by atoms with van der Waals surface area (Å²) in [6.07, 6.45) is 2.45. The first kappa shape index (κ1) is 14.4. The molecule has 2 rings (SSSR count). The molecule has 1 aliphatic heterocycles. The highest BCUT2D eigenvalue weighted by atomic mass is 16.5. The highest BCUT2D eigenvalue weighted by Gasteiger charge is 2.24. The number of hydrogen-bond acceptors (Lipinski definition) is 3. The summed E-state index contributed by atoms with van der Waals surface area (Å²) in [5.74, 6) is 1.70. The van der Waals surface area contributed by atoms with E-state index in [1.54, 1.807) is 0 Å². The van der Waals surface area contributed by atoms with Crippen LogP contribution in [0.25, 0.3) is 0 Å². The van der Waals surface area contributed by atoms with Crippen LogP contribution >= 0.6 is 0 Å². The van der Waals surface area contributed by atoms with Crippen LogP contribution < -0.4 is 4.74 Å². The summed E-state index contributed by atoms with van der Waals surface area (Å²) in [7, 11) is 0. The molecule has 1 N–H and O–H groups in total. The van der Waals surface area contributed by atoms with E-state index >= 15 is 0 Å². The molecule has 19 heavy (non-hydrogen) atoms. The number of likely N-dealkylation sites (tertiary alicyclic amines) is 1. The molecule has 1 fully saturated rings. The summed E-state index contributed by atoms with van der Waals surface area (Å²) in [5.41, 5.74) is 1.16. The van der Waals surface area contributed by atoms with E-state index in [0.717, 1.165) is 30.3 Å². The lowest BCUT2D eigenvalue weighted by atomic mass is 9.96. The molecule has 0 bridgehead atoms. The number of nitrogens with zero attached hydrogens (tertiary/aromatic N) is 1. The van der Waals surface area contributed by atoms with E-state index in [-0.39, 0.29) is 12.6 Å². The minimum absolute atomic E-state index is 0.105. The van der Waals surface area contributed by atoms with Gasteiger partial charge < -0.3 is 9.84 Å². The summed E-state index contributed by atoms with van der Waals surface area (Å²) < 4.78 is 5.55. The van der Waals surface area contributed by atoms with Crippen molar-refractivity contribution in [2.45, 2.75) is 32.7 Å². The first-order valence-electron chi connectivity index (χ1n) is 7.32. The van der Waals surface area contributed by atoms with Crippen molar-refractivity contribution < 1.29 is 9.84 Å². The molecule has 106 valence electrons. The second-order valence-corrected chi connectivity index (χ2v) is 5.42. The fourth-order valence-electron chi connectivity index (χ4n) is 2.75. The second kappa shape index (κ2) is 6.92. The van der Waals surface area contributed by atoms with Crippen molar-refractivity contribution in [2.75, 3.05) is 26.3 Å².